The second-order valence-corrected chi connectivity index (χ2v) is 14.2. The van der Waals surface area contributed by atoms with Crippen molar-refractivity contribution >= 4 is 47.4 Å². The molecule has 19 heteroatoms. The summed E-state index contributed by atoms with van der Waals surface area (Å²) < 4.78 is 39.0. The third kappa shape index (κ3) is 11.8. The molecule has 17 nitrogen and oxygen atoms in total. The Balaban J connectivity index is 1.68. The molecule has 1 aromatic rings. The van der Waals surface area contributed by atoms with Crippen molar-refractivity contribution < 1.29 is 56.6 Å². The largest absolute Gasteiger partial charge is 0.462 e. The highest BCUT2D eigenvalue weighted by atomic mass is 19.1. The summed E-state index contributed by atoms with van der Waals surface area (Å²) in [5, 5.41) is 7.57. The average Bonchev–Trinajstić information content (AvgIpc) is 3.88. The number of esters is 2. The summed E-state index contributed by atoms with van der Waals surface area (Å²) in [5.41, 5.74) is 5.37. The number of fused-ring (bicyclic) bond motifs is 2. The highest BCUT2D eigenvalue weighted by molar-refractivity contribution is 5.98. The monoisotopic (exact) mass is 803 g/mol. The number of likely N-dealkylation sites (N-methyl/N-ethyl adjacent to an activating group) is 1. The van der Waals surface area contributed by atoms with Crippen LogP contribution in [-0.4, -0.2) is 138 Å². The molecule has 0 unspecified atom stereocenters. The lowest BCUT2D eigenvalue weighted by molar-refractivity contribution is -0.159. The Morgan fingerprint density at radius 3 is 2.30 bits per heavy atom. The molecule has 0 aliphatic carbocycles. The summed E-state index contributed by atoms with van der Waals surface area (Å²) in [6.07, 6.45) is 5.74. The molecular weight excluding hydrogens is 752 g/mol. The molecule has 3 heterocycles. The van der Waals surface area contributed by atoms with E-state index >= 15 is 0 Å². The van der Waals surface area contributed by atoms with E-state index in [1.165, 1.54) is 24.9 Å². The molecule has 1 aromatic carbocycles. The molecular formula is C38H51F2N7O10. The molecule has 3 aliphatic rings. The fourth-order valence-electron chi connectivity index (χ4n) is 6.88. The van der Waals surface area contributed by atoms with Gasteiger partial charge in [0.1, 0.15) is 61.1 Å². The summed E-state index contributed by atoms with van der Waals surface area (Å²) in [6.45, 7) is 1.63. The summed E-state index contributed by atoms with van der Waals surface area (Å²) in [7, 11) is 1.35. The van der Waals surface area contributed by atoms with Crippen molar-refractivity contribution in [1.29, 1.82) is 0 Å². The van der Waals surface area contributed by atoms with E-state index in [9.17, 15) is 47.1 Å². The molecule has 3 aliphatic heterocycles. The maximum absolute atomic E-state index is 14.3. The highest BCUT2D eigenvalue weighted by Crippen LogP contribution is 2.24. The number of nitrogens with one attached hydrogen (secondary N) is 3. The lowest BCUT2D eigenvalue weighted by atomic mass is 10.0. The average molecular weight is 804 g/mol. The van der Waals surface area contributed by atoms with Crippen LogP contribution in [0, 0.1) is 11.6 Å². The maximum atomic E-state index is 14.3. The van der Waals surface area contributed by atoms with Gasteiger partial charge in [-0.15, -0.1) is 0 Å². The minimum absolute atomic E-state index is 0.0205. The van der Waals surface area contributed by atoms with Gasteiger partial charge in [-0.1, -0.05) is 25.8 Å². The minimum Gasteiger partial charge on any atom is -0.462 e. The van der Waals surface area contributed by atoms with E-state index in [0.717, 1.165) is 34.8 Å². The molecule has 0 spiro atoms. The summed E-state index contributed by atoms with van der Waals surface area (Å²) in [4.78, 5) is 111. The molecule has 5 N–H and O–H groups in total. The smallest absolute Gasteiger partial charge is 0.328 e. The quantitative estimate of drug-likeness (QED) is 0.121. The lowest BCUT2D eigenvalue weighted by Crippen LogP contribution is -2.61. The Labute approximate surface area is 329 Å². The third-order valence-electron chi connectivity index (χ3n) is 10.1. The third-order valence-corrected chi connectivity index (χ3v) is 10.1. The second kappa shape index (κ2) is 20.6. The number of hydrogen-bond donors (Lipinski definition) is 4. The van der Waals surface area contributed by atoms with Crippen LogP contribution in [0.2, 0.25) is 0 Å². The van der Waals surface area contributed by atoms with Gasteiger partial charge in [0.15, 0.2) is 0 Å². The van der Waals surface area contributed by atoms with E-state index in [2.05, 4.69) is 16.0 Å². The van der Waals surface area contributed by atoms with E-state index in [-0.39, 0.29) is 31.5 Å². The lowest BCUT2D eigenvalue weighted by Gasteiger charge is -2.34. The van der Waals surface area contributed by atoms with Gasteiger partial charge >= 0.3 is 11.9 Å². The van der Waals surface area contributed by atoms with Crippen molar-refractivity contribution in [2.24, 2.45) is 5.73 Å². The Hall–Kier alpha value is -5.46. The van der Waals surface area contributed by atoms with Gasteiger partial charge in [0, 0.05) is 32.6 Å². The number of nitrogens with two attached hydrogens (primary N) is 1. The standard InChI is InChI=1S/C38H51F2N7O10/c1-4-5-6-7-12-31(48)42-26(17-23-15-24(39)18-25(40)16-23)34(51)44-28-21-57-38(55)30-11-9-14-47(30)36(53)27(20-56-32(49)19-41)43-33(50)22(2)45(3)37(54)29-10-8-13-46(29)35(28)52/h7,12,15-16,18,22,26-30H,4-6,8-11,13-14,17,19-21,41H2,1-3H3,(H,42,48)(H,43,50)(H,44,51)/t22-,26-,27-,28-,29-,30-/m0/s1. The van der Waals surface area contributed by atoms with Crippen molar-refractivity contribution in [3.05, 3.63) is 47.5 Å². The normalized spacial score (nSPS) is 24.1. The predicted molar refractivity (Wildman–Crippen MR) is 197 cm³/mol. The van der Waals surface area contributed by atoms with Gasteiger partial charge in [0.05, 0.1) is 6.54 Å². The number of nitrogens with zero attached hydrogens (tertiary/aromatic N) is 3. The SMILES string of the molecule is CCCCC=CC(=O)N[C@@H](Cc1cc(F)cc(F)c1)C(=O)N[C@H]1COC(=O)[C@@H]2CCCN2C(=O)[C@H](COC(=O)CN)NC(=O)[C@H](C)N(C)C(=O)[C@@H]2CCCN2C1=O. The summed E-state index contributed by atoms with van der Waals surface area (Å²) in [6, 6.07) is -5.42. The van der Waals surface area contributed by atoms with Crippen molar-refractivity contribution in [3.63, 3.8) is 0 Å². The van der Waals surface area contributed by atoms with Gasteiger partial charge in [0.25, 0.3) is 0 Å². The van der Waals surface area contributed by atoms with Gasteiger partial charge in [-0.05, 0) is 62.8 Å². The van der Waals surface area contributed by atoms with Gasteiger partial charge in [-0.2, -0.15) is 0 Å². The van der Waals surface area contributed by atoms with E-state index in [1.807, 2.05) is 6.92 Å². The summed E-state index contributed by atoms with van der Waals surface area (Å²) >= 11 is 0. The first kappa shape index (κ1) is 44.3. The Morgan fingerprint density at radius 2 is 1.65 bits per heavy atom. The molecule has 0 saturated carbocycles. The van der Waals surface area contributed by atoms with Crippen LogP contribution in [0.3, 0.4) is 0 Å². The van der Waals surface area contributed by atoms with Gasteiger partial charge in [-0.3, -0.25) is 33.6 Å². The predicted octanol–water partition coefficient (Wildman–Crippen LogP) is -0.404. The van der Waals surface area contributed by atoms with Gasteiger partial charge in [0.2, 0.25) is 35.4 Å². The number of hydrogen-bond acceptors (Lipinski definition) is 11. The van der Waals surface area contributed by atoms with Crippen LogP contribution < -0.4 is 21.7 Å². The molecule has 3 saturated heterocycles. The number of rotatable bonds is 12. The minimum atomic E-state index is -1.63. The van der Waals surface area contributed by atoms with E-state index in [0.29, 0.717) is 25.3 Å². The van der Waals surface area contributed by atoms with E-state index in [4.69, 9.17) is 15.2 Å². The second-order valence-electron chi connectivity index (χ2n) is 14.2. The number of cyclic esters (lactones) is 1. The first-order valence-electron chi connectivity index (χ1n) is 19.1. The molecule has 57 heavy (non-hydrogen) atoms. The molecule has 312 valence electrons. The van der Waals surface area contributed by atoms with Crippen LogP contribution in [0.5, 0.6) is 0 Å². The van der Waals surface area contributed by atoms with Crippen molar-refractivity contribution in [1.82, 2.24) is 30.7 Å². The maximum Gasteiger partial charge on any atom is 0.328 e. The molecule has 0 aromatic heterocycles. The zero-order valence-corrected chi connectivity index (χ0v) is 32.3. The molecule has 4 rings (SSSR count). The number of allylic oxidation sites excluding steroid dienone is 1. The zero-order valence-electron chi connectivity index (χ0n) is 32.3. The molecule has 6 atom stereocenters. The number of halogens is 2. The van der Waals surface area contributed by atoms with Crippen LogP contribution >= 0.6 is 0 Å². The number of carbonyl (C=O) groups is 8. The van der Waals surface area contributed by atoms with Crippen LogP contribution in [0.1, 0.15) is 64.4 Å². The van der Waals surface area contributed by atoms with E-state index < -0.39 is 121 Å². The van der Waals surface area contributed by atoms with Gasteiger partial charge in [-0.25, -0.2) is 13.6 Å². The Morgan fingerprint density at radius 1 is 1.00 bits per heavy atom. The molecule has 3 fully saturated rings. The highest BCUT2D eigenvalue weighted by Gasteiger charge is 2.44. The van der Waals surface area contributed by atoms with Crippen LogP contribution in [0.25, 0.3) is 0 Å². The Bertz CT molecular complexity index is 1710. The Kier molecular flexibility index (Phi) is 16.0. The number of unbranched alkanes of at least 4 members (excludes halogenated alkanes) is 2. The van der Waals surface area contributed by atoms with Crippen molar-refractivity contribution in [2.45, 2.75) is 101 Å². The molecule has 0 radical (unpaired) electrons. The van der Waals surface area contributed by atoms with E-state index in [1.54, 1.807) is 6.08 Å². The number of ether oxygens (including phenoxy) is 2. The first-order valence-corrected chi connectivity index (χ1v) is 19.1. The number of carbonyl (C=O) groups excluding carboxylic acids is 8. The molecule has 6 amide bonds. The summed E-state index contributed by atoms with van der Waals surface area (Å²) in [5.74, 6) is -8.29. The van der Waals surface area contributed by atoms with Crippen LogP contribution in [0.15, 0.2) is 30.4 Å². The zero-order chi connectivity index (χ0) is 41.8. The van der Waals surface area contributed by atoms with Crippen molar-refractivity contribution in [2.75, 3.05) is 39.9 Å². The fourth-order valence-corrected chi connectivity index (χ4v) is 6.88. The number of benzene rings is 1. The number of amides is 6. The van der Waals surface area contributed by atoms with Gasteiger partial charge < -0.3 is 45.9 Å². The van der Waals surface area contributed by atoms with Crippen LogP contribution in [0.4, 0.5) is 8.78 Å². The van der Waals surface area contributed by atoms with Crippen molar-refractivity contribution in [3.8, 4) is 0 Å². The topological polar surface area (TPSA) is 227 Å². The molecule has 0 bridgehead atoms. The van der Waals surface area contributed by atoms with Crippen LogP contribution in [-0.2, 0) is 54.3 Å². The fraction of sp³-hybridized carbons (Fsp3) is 0.579. The first-order chi connectivity index (χ1) is 27.1.